The lowest BCUT2D eigenvalue weighted by molar-refractivity contribution is 0.669. The van der Waals surface area contributed by atoms with Crippen molar-refractivity contribution in [3.63, 3.8) is 0 Å². The molecule has 2 nitrogen and oxygen atoms in total. The third-order valence-electron chi connectivity index (χ3n) is 11.3. The molecule has 0 aliphatic rings. The van der Waals surface area contributed by atoms with Gasteiger partial charge in [0.15, 0.2) is 0 Å². The third kappa shape index (κ3) is 5.34. The van der Waals surface area contributed by atoms with Gasteiger partial charge < -0.3 is 9.32 Å². The molecule has 11 aromatic rings. The minimum atomic E-state index is 0.907. The zero-order valence-electron chi connectivity index (χ0n) is 30.6. The van der Waals surface area contributed by atoms with Gasteiger partial charge in [0.25, 0.3) is 0 Å². The summed E-state index contributed by atoms with van der Waals surface area (Å²) in [7, 11) is 0. The molecule has 262 valence electrons. The number of furan rings is 1. The second kappa shape index (κ2) is 13.2. The molecular weight excluding hydrogens is 679 g/mol. The largest absolute Gasteiger partial charge is 0.456 e. The van der Waals surface area contributed by atoms with Crippen LogP contribution in [0, 0.1) is 0 Å². The van der Waals surface area contributed by atoms with Crippen molar-refractivity contribution in [3.8, 4) is 33.4 Å². The number of hydrogen-bond acceptors (Lipinski definition) is 2. The zero-order chi connectivity index (χ0) is 37.0. The van der Waals surface area contributed by atoms with Crippen LogP contribution in [0.5, 0.6) is 0 Å². The highest BCUT2D eigenvalue weighted by Crippen LogP contribution is 2.45. The summed E-state index contributed by atoms with van der Waals surface area (Å²) in [6.07, 6.45) is 0. The summed E-state index contributed by atoms with van der Waals surface area (Å²) in [5.74, 6) is 0. The molecule has 56 heavy (non-hydrogen) atoms. The van der Waals surface area contributed by atoms with E-state index < -0.39 is 0 Å². The maximum Gasteiger partial charge on any atom is 0.136 e. The molecule has 0 saturated heterocycles. The molecule has 2 heteroatoms. The number of para-hydroxylation sites is 2. The highest BCUT2D eigenvalue weighted by Gasteiger charge is 2.20. The molecule has 0 aliphatic carbocycles. The SMILES string of the molecule is c1ccc(-c2ccc(N(c3ccc(-c4ccc5c(ccc6ccccc65)c4)cc3)c3ccccc3-c3cccc4c3ccc3oc5ccccc5c34)cc2)cc1. The summed E-state index contributed by atoms with van der Waals surface area (Å²) in [6, 6.07) is 76.5. The van der Waals surface area contributed by atoms with E-state index in [1.54, 1.807) is 0 Å². The summed E-state index contributed by atoms with van der Waals surface area (Å²) in [5.41, 5.74) is 12.2. The number of nitrogens with zero attached hydrogens (tertiary/aromatic N) is 1. The van der Waals surface area contributed by atoms with Crippen molar-refractivity contribution in [2.45, 2.75) is 0 Å². The molecule has 0 amide bonds. The summed E-state index contributed by atoms with van der Waals surface area (Å²) in [6.45, 7) is 0. The fraction of sp³-hybridized carbons (Fsp3) is 0. The molecule has 0 saturated carbocycles. The van der Waals surface area contributed by atoms with E-state index in [1.807, 2.05) is 12.1 Å². The highest BCUT2D eigenvalue weighted by atomic mass is 16.3. The van der Waals surface area contributed by atoms with E-state index >= 15 is 0 Å². The van der Waals surface area contributed by atoms with Gasteiger partial charge in [-0.05, 0) is 109 Å². The molecule has 0 aliphatic heterocycles. The Hall–Kier alpha value is -7.42. The van der Waals surface area contributed by atoms with Crippen LogP contribution in [0.15, 0.2) is 217 Å². The summed E-state index contributed by atoms with van der Waals surface area (Å²) < 4.78 is 6.30. The first kappa shape index (κ1) is 32.0. The monoisotopic (exact) mass is 713 g/mol. The molecule has 0 fully saturated rings. The standard InChI is InChI=1S/C54H35NO/c1-2-11-36(12-3-1)37-23-28-42(29-24-37)55(43-30-25-38(26-31-43)40-27-32-45-41(35-40)22-21-39-13-4-5-14-44(39)45)51-19-8-6-15-48(51)46-17-10-18-49-47(46)33-34-53-54(49)50-16-7-9-20-52(50)56-53/h1-35H. The highest BCUT2D eigenvalue weighted by molar-refractivity contribution is 6.21. The second-order valence-corrected chi connectivity index (χ2v) is 14.5. The van der Waals surface area contributed by atoms with Crippen molar-refractivity contribution in [2.24, 2.45) is 0 Å². The minimum absolute atomic E-state index is 0.907. The van der Waals surface area contributed by atoms with E-state index in [9.17, 15) is 0 Å². The first-order chi connectivity index (χ1) is 27.8. The van der Waals surface area contributed by atoms with Gasteiger partial charge in [-0.2, -0.15) is 0 Å². The fourth-order valence-corrected chi connectivity index (χ4v) is 8.57. The van der Waals surface area contributed by atoms with Crippen LogP contribution < -0.4 is 4.90 Å². The second-order valence-electron chi connectivity index (χ2n) is 14.5. The van der Waals surface area contributed by atoms with Crippen LogP contribution in [0.1, 0.15) is 0 Å². The number of hydrogen-bond donors (Lipinski definition) is 0. The van der Waals surface area contributed by atoms with Crippen LogP contribution in [-0.4, -0.2) is 0 Å². The Morgan fingerprint density at radius 1 is 0.304 bits per heavy atom. The maximum absolute atomic E-state index is 6.30. The number of rotatable bonds is 6. The van der Waals surface area contributed by atoms with Crippen LogP contribution in [0.3, 0.4) is 0 Å². The number of benzene rings is 10. The van der Waals surface area contributed by atoms with Gasteiger partial charge in [0.05, 0.1) is 5.69 Å². The quantitative estimate of drug-likeness (QED) is 0.160. The van der Waals surface area contributed by atoms with Gasteiger partial charge in [-0.1, -0.05) is 164 Å². The number of anilines is 3. The molecule has 0 bridgehead atoms. The van der Waals surface area contributed by atoms with Crippen LogP contribution in [0.4, 0.5) is 17.1 Å². The van der Waals surface area contributed by atoms with Crippen molar-refractivity contribution >= 4 is 71.3 Å². The van der Waals surface area contributed by atoms with E-state index in [-0.39, 0.29) is 0 Å². The Morgan fingerprint density at radius 3 is 1.70 bits per heavy atom. The lowest BCUT2D eigenvalue weighted by Crippen LogP contribution is -2.11. The molecule has 1 heterocycles. The molecule has 0 spiro atoms. The van der Waals surface area contributed by atoms with Crippen molar-refractivity contribution in [3.05, 3.63) is 212 Å². The van der Waals surface area contributed by atoms with Gasteiger partial charge in [-0.25, -0.2) is 0 Å². The van der Waals surface area contributed by atoms with Gasteiger partial charge in [0.2, 0.25) is 0 Å². The molecule has 0 unspecified atom stereocenters. The van der Waals surface area contributed by atoms with E-state index in [0.29, 0.717) is 0 Å². The average Bonchev–Trinajstić information content (AvgIpc) is 3.66. The Bertz CT molecular complexity index is 3230. The van der Waals surface area contributed by atoms with Gasteiger partial charge in [-0.3, -0.25) is 0 Å². The molecular formula is C54H35NO. The Balaban J connectivity index is 1.06. The zero-order valence-corrected chi connectivity index (χ0v) is 30.6. The predicted octanol–water partition coefficient (Wildman–Crippen LogP) is 15.5. The van der Waals surface area contributed by atoms with Gasteiger partial charge >= 0.3 is 0 Å². The first-order valence-corrected chi connectivity index (χ1v) is 19.2. The van der Waals surface area contributed by atoms with Crippen molar-refractivity contribution in [1.82, 2.24) is 0 Å². The topological polar surface area (TPSA) is 16.4 Å². The van der Waals surface area contributed by atoms with Crippen LogP contribution in [0.25, 0.3) is 87.6 Å². The molecule has 1 aromatic heterocycles. The Labute approximate surface area is 325 Å². The van der Waals surface area contributed by atoms with E-state index in [2.05, 4.69) is 205 Å². The van der Waals surface area contributed by atoms with Crippen molar-refractivity contribution < 1.29 is 4.42 Å². The van der Waals surface area contributed by atoms with E-state index in [4.69, 9.17) is 4.42 Å². The van der Waals surface area contributed by atoms with E-state index in [0.717, 1.165) is 44.6 Å². The third-order valence-corrected chi connectivity index (χ3v) is 11.3. The summed E-state index contributed by atoms with van der Waals surface area (Å²) in [5, 5.41) is 9.75. The van der Waals surface area contributed by atoms with Crippen molar-refractivity contribution in [2.75, 3.05) is 4.90 Å². The molecule has 0 N–H and O–H groups in total. The van der Waals surface area contributed by atoms with Gasteiger partial charge in [-0.15, -0.1) is 0 Å². The Morgan fingerprint density at radius 2 is 0.875 bits per heavy atom. The molecule has 10 aromatic carbocycles. The minimum Gasteiger partial charge on any atom is -0.456 e. The van der Waals surface area contributed by atoms with Crippen LogP contribution in [0.2, 0.25) is 0 Å². The van der Waals surface area contributed by atoms with Gasteiger partial charge in [0, 0.05) is 27.7 Å². The lowest BCUT2D eigenvalue weighted by atomic mass is 9.94. The predicted molar refractivity (Wildman–Crippen MR) is 237 cm³/mol. The first-order valence-electron chi connectivity index (χ1n) is 19.2. The van der Waals surface area contributed by atoms with Crippen LogP contribution >= 0.6 is 0 Å². The normalized spacial score (nSPS) is 11.6. The van der Waals surface area contributed by atoms with Gasteiger partial charge in [0.1, 0.15) is 11.2 Å². The summed E-state index contributed by atoms with van der Waals surface area (Å²) >= 11 is 0. The van der Waals surface area contributed by atoms with E-state index in [1.165, 1.54) is 60.1 Å². The smallest absolute Gasteiger partial charge is 0.136 e. The fourth-order valence-electron chi connectivity index (χ4n) is 8.57. The Kier molecular flexibility index (Phi) is 7.53. The maximum atomic E-state index is 6.30. The number of fused-ring (bicyclic) bond motifs is 8. The molecule has 11 rings (SSSR count). The molecule has 0 radical (unpaired) electrons. The average molecular weight is 714 g/mol. The summed E-state index contributed by atoms with van der Waals surface area (Å²) in [4.78, 5) is 2.39. The van der Waals surface area contributed by atoms with Crippen molar-refractivity contribution in [1.29, 1.82) is 0 Å². The van der Waals surface area contributed by atoms with Crippen LogP contribution in [-0.2, 0) is 0 Å². The lowest BCUT2D eigenvalue weighted by Gasteiger charge is -2.28. The molecule has 0 atom stereocenters.